The van der Waals surface area contributed by atoms with Gasteiger partial charge in [-0.1, -0.05) is 30.3 Å². The highest BCUT2D eigenvalue weighted by molar-refractivity contribution is 5.85. The summed E-state index contributed by atoms with van der Waals surface area (Å²) in [5.41, 5.74) is 3.35. The lowest BCUT2D eigenvalue weighted by Crippen LogP contribution is -2.39. The lowest BCUT2D eigenvalue weighted by molar-refractivity contribution is -0.123. The molecule has 1 amide bonds. The molecular formula is C17H19N3O. The van der Waals surface area contributed by atoms with E-state index in [0.717, 1.165) is 17.7 Å². The molecule has 1 aromatic heterocycles. The van der Waals surface area contributed by atoms with Crippen LogP contribution in [0.2, 0.25) is 0 Å². The smallest absolute Gasteiger partial charge is 0.229 e. The Kier molecular flexibility index (Phi) is 3.97. The van der Waals surface area contributed by atoms with Crippen molar-refractivity contribution >= 4 is 5.91 Å². The number of rotatable bonds is 3. The molecule has 2 heterocycles. The van der Waals surface area contributed by atoms with Gasteiger partial charge in [0.2, 0.25) is 5.91 Å². The molecule has 4 heteroatoms. The monoisotopic (exact) mass is 281 g/mol. The van der Waals surface area contributed by atoms with Gasteiger partial charge < -0.3 is 10.6 Å². The number of amides is 1. The number of hydrogen-bond acceptors (Lipinski definition) is 3. The van der Waals surface area contributed by atoms with Gasteiger partial charge in [0.15, 0.2) is 0 Å². The average Bonchev–Trinajstić information content (AvgIpc) is 2.55. The fourth-order valence-electron chi connectivity index (χ4n) is 2.76. The van der Waals surface area contributed by atoms with Crippen molar-refractivity contribution in [2.24, 2.45) is 0 Å². The Hall–Kier alpha value is -2.20. The van der Waals surface area contributed by atoms with Crippen LogP contribution in [0, 0.1) is 0 Å². The topological polar surface area (TPSA) is 54.0 Å². The van der Waals surface area contributed by atoms with Crippen molar-refractivity contribution in [1.82, 2.24) is 15.6 Å². The second-order valence-corrected chi connectivity index (χ2v) is 5.40. The second kappa shape index (κ2) is 6.06. The van der Waals surface area contributed by atoms with Gasteiger partial charge >= 0.3 is 0 Å². The Morgan fingerprint density at radius 3 is 3.00 bits per heavy atom. The Bertz CT molecular complexity index is 627. The standard InChI is InChI=1S/C17H19N3O/c1-12(13-6-4-8-18-9-13)20-17(21)16-11-19-10-14-5-2-3-7-15(14)16/h2-9,12,16,19H,10-11H2,1H3,(H,20,21)/t12-,16?/m1/s1. The third-order valence-corrected chi connectivity index (χ3v) is 3.95. The van der Waals surface area contributed by atoms with Gasteiger partial charge in [-0.3, -0.25) is 9.78 Å². The summed E-state index contributed by atoms with van der Waals surface area (Å²) in [6.45, 7) is 3.50. The van der Waals surface area contributed by atoms with Gasteiger partial charge in [-0.25, -0.2) is 0 Å². The maximum absolute atomic E-state index is 12.6. The van der Waals surface area contributed by atoms with Crippen LogP contribution in [0.4, 0.5) is 0 Å². The van der Waals surface area contributed by atoms with E-state index in [1.165, 1.54) is 5.56 Å². The van der Waals surface area contributed by atoms with Crippen molar-refractivity contribution in [3.05, 3.63) is 65.5 Å². The Balaban J connectivity index is 1.75. The van der Waals surface area contributed by atoms with E-state index in [4.69, 9.17) is 0 Å². The molecule has 0 saturated carbocycles. The SMILES string of the molecule is C[C@@H](NC(=O)C1CNCc2ccccc21)c1cccnc1. The lowest BCUT2D eigenvalue weighted by atomic mass is 9.90. The van der Waals surface area contributed by atoms with Gasteiger partial charge in [-0.05, 0) is 29.7 Å². The minimum absolute atomic E-state index is 0.0414. The number of benzene rings is 1. The first-order chi connectivity index (χ1) is 10.3. The number of fused-ring (bicyclic) bond motifs is 1. The first kappa shape index (κ1) is 13.8. The quantitative estimate of drug-likeness (QED) is 0.906. The third-order valence-electron chi connectivity index (χ3n) is 3.95. The van der Waals surface area contributed by atoms with Crippen molar-refractivity contribution in [2.45, 2.75) is 25.4 Å². The predicted molar refractivity (Wildman–Crippen MR) is 81.7 cm³/mol. The zero-order valence-corrected chi connectivity index (χ0v) is 12.0. The molecule has 0 fully saturated rings. The van der Waals surface area contributed by atoms with E-state index in [1.807, 2.05) is 31.2 Å². The van der Waals surface area contributed by atoms with Gasteiger partial charge in [0.25, 0.3) is 0 Å². The summed E-state index contributed by atoms with van der Waals surface area (Å²) in [6, 6.07) is 12.0. The van der Waals surface area contributed by atoms with E-state index in [0.29, 0.717) is 6.54 Å². The van der Waals surface area contributed by atoms with Crippen molar-refractivity contribution < 1.29 is 4.79 Å². The lowest BCUT2D eigenvalue weighted by Gasteiger charge is -2.27. The molecule has 1 aliphatic heterocycles. The van der Waals surface area contributed by atoms with Gasteiger partial charge in [0, 0.05) is 25.5 Å². The van der Waals surface area contributed by atoms with Crippen LogP contribution in [0.15, 0.2) is 48.8 Å². The largest absolute Gasteiger partial charge is 0.349 e. The molecule has 21 heavy (non-hydrogen) atoms. The Labute approximate surface area is 124 Å². The number of aromatic nitrogens is 1. The van der Waals surface area contributed by atoms with Crippen LogP contribution >= 0.6 is 0 Å². The molecule has 0 aliphatic carbocycles. The number of carbonyl (C=O) groups is 1. The van der Waals surface area contributed by atoms with Crippen LogP contribution in [0.5, 0.6) is 0 Å². The predicted octanol–water partition coefficient (Wildman–Crippen LogP) is 2.15. The first-order valence-electron chi connectivity index (χ1n) is 7.24. The summed E-state index contributed by atoms with van der Waals surface area (Å²) >= 11 is 0. The van der Waals surface area contributed by atoms with Crippen molar-refractivity contribution in [3.63, 3.8) is 0 Å². The molecule has 0 bridgehead atoms. The van der Waals surface area contributed by atoms with Crippen LogP contribution in [-0.4, -0.2) is 17.4 Å². The van der Waals surface area contributed by atoms with E-state index in [9.17, 15) is 4.79 Å². The molecule has 1 aromatic carbocycles. The normalized spacial score (nSPS) is 18.6. The number of hydrogen-bond donors (Lipinski definition) is 2. The van der Waals surface area contributed by atoms with Gasteiger partial charge in [0.05, 0.1) is 12.0 Å². The van der Waals surface area contributed by atoms with Gasteiger partial charge in [-0.15, -0.1) is 0 Å². The highest BCUT2D eigenvalue weighted by Crippen LogP contribution is 2.24. The fraction of sp³-hybridized carbons (Fsp3) is 0.294. The molecule has 2 atom stereocenters. The van der Waals surface area contributed by atoms with Crippen LogP contribution < -0.4 is 10.6 Å². The number of nitrogens with zero attached hydrogens (tertiary/aromatic N) is 1. The van der Waals surface area contributed by atoms with Gasteiger partial charge in [0.1, 0.15) is 0 Å². The number of pyridine rings is 1. The minimum Gasteiger partial charge on any atom is -0.349 e. The van der Waals surface area contributed by atoms with Gasteiger partial charge in [-0.2, -0.15) is 0 Å². The molecule has 0 radical (unpaired) electrons. The highest BCUT2D eigenvalue weighted by Gasteiger charge is 2.26. The maximum atomic E-state index is 12.6. The number of nitrogens with one attached hydrogen (secondary N) is 2. The summed E-state index contributed by atoms with van der Waals surface area (Å²) in [5.74, 6) is -0.0694. The summed E-state index contributed by atoms with van der Waals surface area (Å²) < 4.78 is 0. The Morgan fingerprint density at radius 1 is 1.33 bits per heavy atom. The van der Waals surface area contributed by atoms with E-state index >= 15 is 0 Å². The van der Waals surface area contributed by atoms with E-state index in [-0.39, 0.29) is 17.9 Å². The van der Waals surface area contributed by atoms with Crippen molar-refractivity contribution in [2.75, 3.05) is 6.54 Å². The Morgan fingerprint density at radius 2 is 2.19 bits per heavy atom. The molecule has 2 aromatic rings. The molecule has 2 N–H and O–H groups in total. The molecule has 0 spiro atoms. The minimum atomic E-state index is -0.130. The molecule has 3 rings (SSSR count). The zero-order valence-electron chi connectivity index (χ0n) is 12.0. The summed E-state index contributed by atoms with van der Waals surface area (Å²) in [7, 11) is 0. The molecule has 1 aliphatic rings. The van der Waals surface area contributed by atoms with Crippen LogP contribution in [0.1, 0.15) is 35.6 Å². The summed E-state index contributed by atoms with van der Waals surface area (Å²) in [5, 5.41) is 6.40. The average molecular weight is 281 g/mol. The number of carbonyl (C=O) groups excluding carboxylic acids is 1. The van der Waals surface area contributed by atoms with Crippen molar-refractivity contribution in [3.8, 4) is 0 Å². The van der Waals surface area contributed by atoms with Crippen LogP contribution in [0.25, 0.3) is 0 Å². The summed E-state index contributed by atoms with van der Waals surface area (Å²) in [6.07, 6.45) is 3.53. The van der Waals surface area contributed by atoms with Crippen LogP contribution in [-0.2, 0) is 11.3 Å². The summed E-state index contributed by atoms with van der Waals surface area (Å²) in [4.78, 5) is 16.7. The maximum Gasteiger partial charge on any atom is 0.229 e. The highest BCUT2D eigenvalue weighted by atomic mass is 16.2. The van der Waals surface area contributed by atoms with E-state index in [2.05, 4.69) is 27.8 Å². The zero-order chi connectivity index (χ0) is 14.7. The van der Waals surface area contributed by atoms with E-state index < -0.39 is 0 Å². The molecule has 4 nitrogen and oxygen atoms in total. The van der Waals surface area contributed by atoms with Crippen LogP contribution in [0.3, 0.4) is 0 Å². The molecule has 1 unspecified atom stereocenters. The second-order valence-electron chi connectivity index (χ2n) is 5.40. The molecule has 0 saturated heterocycles. The molecular weight excluding hydrogens is 262 g/mol. The molecule has 108 valence electrons. The third kappa shape index (κ3) is 2.95. The van der Waals surface area contributed by atoms with E-state index in [1.54, 1.807) is 12.4 Å². The fourth-order valence-corrected chi connectivity index (χ4v) is 2.76. The first-order valence-corrected chi connectivity index (χ1v) is 7.24. The van der Waals surface area contributed by atoms with Crippen molar-refractivity contribution in [1.29, 1.82) is 0 Å².